The molecule has 7 heteroatoms. The second kappa shape index (κ2) is 4.49. The van der Waals surface area contributed by atoms with Crippen LogP contribution in [0.15, 0.2) is 0 Å². The highest BCUT2D eigenvalue weighted by Gasteiger charge is 2.55. The number of likely N-dealkylation sites (N-methyl/N-ethyl adjacent to an activating group) is 1. The number of amides is 2. The van der Waals surface area contributed by atoms with Gasteiger partial charge in [-0.1, -0.05) is 0 Å². The van der Waals surface area contributed by atoms with Gasteiger partial charge in [0.15, 0.2) is 5.54 Å². The molecule has 3 atom stereocenters. The molecule has 2 rings (SSSR count). The first kappa shape index (κ1) is 13.3. The first-order valence-electron chi connectivity index (χ1n) is 6.10. The van der Waals surface area contributed by atoms with Crippen molar-refractivity contribution in [2.75, 3.05) is 33.2 Å². The Hall–Kier alpha value is -1.18. The Morgan fingerprint density at radius 1 is 1.56 bits per heavy atom. The quantitative estimate of drug-likeness (QED) is 0.468. The first-order valence-corrected chi connectivity index (χ1v) is 6.10. The van der Waals surface area contributed by atoms with E-state index in [9.17, 15) is 14.7 Å². The SMILES string of the molecule is CC(O)C(N)C(=O)N1CCN(C)CC12CNC2=O. The van der Waals surface area contributed by atoms with E-state index < -0.39 is 17.7 Å². The van der Waals surface area contributed by atoms with Crippen molar-refractivity contribution in [3.63, 3.8) is 0 Å². The number of aliphatic hydroxyl groups is 1. The molecule has 0 saturated carbocycles. The fourth-order valence-corrected chi connectivity index (χ4v) is 2.51. The van der Waals surface area contributed by atoms with Crippen molar-refractivity contribution in [3.8, 4) is 0 Å². The van der Waals surface area contributed by atoms with Crippen molar-refractivity contribution in [2.45, 2.75) is 24.6 Å². The van der Waals surface area contributed by atoms with Gasteiger partial charge >= 0.3 is 0 Å². The van der Waals surface area contributed by atoms with Gasteiger partial charge in [0.05, 0.1) is 12.6 Å². The average Bonchev–Trinajstić information content (AvgIpc) is 2.34. The molecule has 0 aliphatic carbocycles. The Bertz CT molecular complexity index is 373. The molecule has 0 aromatic rings. The van der Waals surface area contributed by atoms with Crippen LogP contribution in [0.4, 0.5) is 0 Å². The van der Waals surface area contributed by atoms with Crippen molar-refractivity contribution in [1.82, 2.24) is 15.1 Å². The van der Waals surface area contributed by atoms with Crippen LogP contribution in [0.1, 0.15) is 6.92 Å². The molecule has 4 N–H and O–H groups in total. The molecule has 0 aromatic carbocycles. The van der Waals surface area contributed by atoms with E-state index in [1.54, 1.807) is 0 Å². The van der Waals surface area contributed by atoms with Crippen LogP contribution in [0, 0.1) is 0 Å². The number of β-lactam (4-membered cyclic amide) rings is 1. The lowest BCUT2D eigenvalue weighted by molar-refractivity contribution is -0.163. The van der Waals surface area contributed by atoms with Crippen LogP contribution in [-0.2, 0) is 9.59 Å². The summed E-state index contributed by atoms with van der Waals surface area (Å²) in [5.74, 6) is -0.492. The third-order valence-electron chi connectivity index (χ3n) is 3.79. The molecule has 2 amide bonds. The number of carbonyl (C=O) groups excluding carboxylic acids is 2. The Kier molecular flexibility index (Phi) is 3.31. The minimum atomic E-state index is -0.973. The van der Waals surface area contributed by atoms with Crippen LogP contribution in [0.25, 0.3) is 0 Å². The second-order valence-electron chi connectivity index (χ2n) is 5.21. The largest absolute Gasteiger partial charge is 0.391 e. The molecule has 0 radical (unpaired) electrons. The number of hydrogen-bond acceptors (Lipinski definition) is 5. The van der Waals surface area contributed by atoms with Crippen molar-refractivity contribution < 1.29 is 14.7 Å². The maximum Gasteiger partial charge on any atom is 0.249 e. The number of rotatable bonds is 2. The van der Waals surface area contributed by atoms with E-state index in [-0.39, 0.29) is 11.8 Å². The van der Waals surface area contributed by atoms with Crippen LogP contribution >= 0.6 is 0 Å². The van der Waals surface area contributed by atoms with Crippen LogP contribution in [0.5, 0.6) is 0 Å². The normalized spacial score (nSPS) is 31.8. The predicted molar refractivity (Wildman–Crippen MR) is 64.6 cm³/mol. The lowest BCUT2D eigenvalue weighted by Crippen LogP contribution is -2.81. The Morgan fingerprint density at radius 2 is 2.22 bits per heavy atom. The van der Waals surface area contributed by atoms with Crippen LogP contribution < -0.4 is 11.1 Å². The van der Waals surface area contributed by atoms with E-state index in [4.69, 9.17) is 5.73 Å². The van der Waals surface area contributed by atoms with E-state index >= 15 is 0 Å². The highest BCUT2D eigenvalue weighted by molar-refractivity contribution is 5.98. The van der Waals surface area contributed by atoms with Gasteiger partial charge in [0, 0.05) is 19.6 Å². The summed E-state index contributed by atoms with van der Waals surface area (Å²) in [5.41, 5.74) is 4.89. The van der Waals surface area contributed by atoms with Gasteiger partial charge in [-0.05, 0) is 14.0 Å². The third-order valence-corrected chi connectivity index (χ3v) is 3.79. The fourth-order valence-electron chi connectivity index (χ4n) is 2.51. The molecule has 102 valence electrons. The highest BCUT2D eigenvalue weighted by atomic mass is 16.3. The second-order valence-corrected chi connectivity index (χ2v) is 5.21. The van der Waals surface area contributed by atoms with Gasteiger partial charge in [-0.15, -0.1) is 0 Å². The summed E-state index contributed by atoms with van der Waals surface area (Å²) in [6, 6.07) is -0.973. The summed E-state index contributed by atoms with van der Waals surface area (Å²) in [7, 11) is 1.92. The van der Waals surface area contributed by atoms with Crippen molar-refractivity contribution in [3.05, 3.63) is 0 Å². The minimum Gasteiger partial charge on any atom is -0.391 e. The molecular formula is C11H20N4O3. The molecule has 0 bridgehead atoms. The van der Waals surface area contributed by atoms with E-state index in [1.807, 2.05) is 11.9 Å². The smallest absolute Gasteiger partial charge is 0.249 e. The van der Waals surface area contributed by atoms with Crippen LogP contribution in [0.3, 0.4) is 0 Å². The summed E-state index contributed by atoms with van der Waals surface area (Å²) in [6.07, 6.45) is -0.919. The maximum absolute atomic E-state index is 12.2. The average molecular weight is 256 g/mol. The van der Waals surface area contributed by atoms with Gasteiger partial charge in [-0.3, -0.25) is 9.59 Å². The molecule has 2 aliphatic rings. The summed E-state index contributed by atoms with van der Waals surface area (Å²) < 4.78 is 0. The topological polar surface area (TPSA) is 98.9 Å². The number of aliphatic hydroxyl groups excluding tert-OH is 1. The van der Waals surface area contributed by atoms with Crippen molar-refractivity contribution >= 4 is 11.8 Å². The Morgan fingerprint density at radius 3 is 2.67 bits per heavy atom. The Balaban J connectivity index is 2.20. The standard InChI is InChI=1S/C11H20N4O3/c1-7(16)8(12)9(17)15-4-3-14(2)6-11(15)5-13-10(11)18/h7-8,16H,3-6,12H2,1-2H3,(H,13,18). The van der Waals surface area contributed by atoms with Gasteiger partial charge < -0.3 is 26.0 Å². The summed E-state index contributed by atoms with van der Waals surface area (Å²) >= 11 is 0. The molecule has 2 heterocycles. The molecule has 3 unspecified atom stereocenters. The zero-order valence-corrected chi connectivity index (χ0v) is 10.7. The van der Waals surface area contributed by atoms with Gasteiger partial charge in [0.2, 0.25) is 11.8 Å². The zero-order chi connectivity index (χ0) is 13.5. The van der Waals surface area contributed by atoms with Crippen LogP contribution in [0.2, 0.25) is 0 Å². The number of hydrogen-bond donors (Lipinski definition) is 3. The number of nitrogens with one attached hydrogen (secondary N) is 1. The summed E-state index contributed by atoms with van der Waals surface area (Å²) in [6.45, 7) is 3.61. The lowest BCUT2D eigenvalue weighted by Gasteiger charge is -2.54. The molecule has 2 saturated heterocycles. The summed E-state index contributed by atoms with van der Waals surface area (Å²) in [5, 5.41) is 12.1. The van der Waals surface area contributed by atoms with Gasteiger partial charge in [0.25, 0.3) is 0 Å². The molecule has 2 fully saturated rings. The predicted octanol–water partition coefficient (Wildman–Crippen LogP) is -2.66. The number of carbonyl (C=O) groups is 2. The Labute approximate surface area is 106 Å². The minimum absolute atomic E-state index is 0.139. The summed E-state index contributed by atoms with van der Waals surface area (Å²) in [4.78, 5) is 27.6. The van der Waals surface area contributed by atoms with E-state index in [1.165, 1.54) is 11.8 Å². The lowest BCUT2D eigenvalue weighted by atomic mass is 9.85. The van der Waals surface area contributed by atoms with Crippen LogP contribution in [-0.4, -0.2) is 77.6 Å². The molecule has 0 aromatic heterocycles. The molecular weight excluding hydrogens is 236 g/mol. The van der Waals surface area contributed by atoms with Crippen molar-refractivity contribution in [1.29, 1.82) is 0 Å². The van der Waals surface area contributed by atoms with Crippen molar-refractivity contribution in [2.24, 2.45) is 5.73 Å². The molecule has 7 nitrogen and oxygen atoms in total. The molecule has 2 aliphatic heterocycles. The van der Waals surface area contributed by atoms with Gasteiger partial charge in [0.1, 0.15) is 6.04 Å². The monoisotopic (exact) mass is 256 g/mol. The van der Waals surface area contributed by atoms with E-state index in [0.29, 0.717) is 26.2 Å². The first-order chi connectivity index (χ1) is 8.38. The maximum atomic E-state index is 12.2. The zero-order valence-electron chi connectivity index (χ0n) is 10.7. The molecule has 18 heavy (non-hydrogen) atoms. The number of piperazine rings is 1. The molecule has 1 spiro atoms. The van der Waals surface area contributed by atoms with E-state index in [2.05, 4.69) is 5.32 Å². The number of nitrogens with two attached hydrogens (primary N) is 1. The van der Waals surface area contributed by atoms with E-state index in [0.717, 1.165) is 0 Å². The third kappa shape index (κ3) is 1.88. The highest BCUT2D eigenvalue weighted by Crippen LogP contribution is 2.27. The van der Waals surface area contributed by atoms with Gasteiger partial charge in [-0.2, -0.15) is 0 Å². The number of nitrogens with zero attached hydrogens (tertiary/aromatic N) is 2. The fraction of sp³-hybridized carbons (Fsp3) is 0.818. The van der Waals surface area contributed by atoms with Gasteiger partial charge in [-0.25, -0.2) is 0 Å².